The zero-order valence-corrected chi connectivity index (χ0v) is 11.1. The number of hydrogen-bond donors (Lipinski definition) is 1. The lowest BCUT2D eigenvalue weighted by Crippen LogP contribution is -2.46. The lowest BCUT2D eigenvalue weighted by Gasteiger charge is -2.34. The van der Waals surface area contributed by atoms with Crippen molar-refractivity contribution in [2.24, 2.45) is 5.73 Å². The van der Waals surface area contributed by atoms with Gasteiger partial charge >= 0.3 is 0 Å². The average molecular weight is 252 g/mol. The zero-order chi connectivity index (χ0) is 12.3. The summed E-state index contributed by atoms with van der Waals surface area (Å²) in [5.41, 5.74) is 7.06. The van der Waals surface area contributed by atoms with Crippen molar-refractivity contribution >= 4 is 17.2 Å². The summed E-state index contributed by atoms with van der Waals surface area (Å²) in [5, 5.41) is 4.30. The number of aryl methyl sites for hydroxylation is 1. The number of piperidine rings is 1. The van der Waals surface area contributed by atoms with E-state index in [1.165, 1.54) is 18.4 Å². The molecule has 1 unspecified atom stereocenters. The molecule has 94 valence electrons. The maximum absolute atomic E-state index is 5.81. The fourth-order valence-corrected chi connectivity index (χ4v) is 2.66. The van der Waals surface area contributed by atoms with Gasteiger partial charge in [0, 0.05) is 24.8 Å². The minimum absolute atomic E-state index is 0.267. The molecule has 2 N–H and O–H groups in total. The monoisotopic (exact) mass is 252 g/mol. The van der Waals surface area contributed by atoms with Crippen LogP contribution in [0.5, 0.6) is 0 Å². The molecule has 1 atom stereocenters. The van der Waals surface area contributed by atoms with E-state index >= 15 is 0 Å². The van der Waals surface area contributed by atoms with E-state index in [9.17, 15) is 0 Å². The Kier molecular flexibility index (Phi) is 4.12. The van der Waals surface area contributed by atoms with Gasteiger partial charge < -0.3 is 5.73 Å². The van der Waals surface area contributed by atoms with Crippen LogP contribution in [0.15, 0.2) is 12.4 Å². The van der Waals surface area contributed by atoms with Crippen LogP contribution in [0.4, 0.5) is 0 Å². The van der Waals surface area contributed by atoms with E-state index in [2.05, 4.69) is 23.1 Å². The van der Waals surface area contributed by atoms with Crippen molar-refractivity contribution in [3.05, 3.63) is 18.0 Å². The van der Waals surface area contributed by atoms with Gasteiger partial charge in [-0.3, -0.25) is 9.58 Å². The fourth-order valence-electron chi connectivity index (χ4n) is 2.40. The van der Waals surface area contributed by atoms with Crippen LogP contribution in [0.3, 0.4) is 0 Å². The molecule has 0 spiro atoms. The molecular formula is C12H20N4S. The van der Waals surface area contributed by atoms with Gasteiger partial charge in [-0.1, -0.05) is 18.6 Å². The Labute approximate surface area is 108 Å². The van der Waals surface area contributed by atoms with Crippen molar-refractivity contribution < 1.29 is 0 Å². The second-order valence-electron chi connectivity index (χ2n) is 4.59. The quantitative estimate of drug-likeness (QED) is 0.826. The van der Waals surface area contributed by atoms with Gasteiger partial charge in [0.15, 0.2) is 0 Å². The molecule has 1 aliphatic heterocycles. The first kappa shape index (κ1) is 12.5. The Bertz CT molecular complexity index is 388. The van der Waals surface area contributed by atoms with E-state index in [4.69, 9.17) is 18.0 Å². The lowest BCUT2D eigenvalue weighted by atomic mass is 10.0. The van der Waals surface area contributed by atoms with Gasteiger partial charge in [-0.25, -0.2) is 0 Å². The summed E-state index contributed by atoms with van der Waals surface area (Å²) in [6, 6.07) is 0.267. The third-order valence-corrected chi connectivity index (χ3v) is 3.61. The van der Waals surface area contributed by atoms with Crippen molar-refractivity contribution in [3.8, 4) is 0 Å². The molecule has 4 nitrogen and oxygen atoms in total. The van der Waals surface area contributed by atoms with Crippen molar-refractivity contribution in [3.63, 3.8) is 0 Å². The normalized spacial score (nSPS) is 21.6. The number of aromatic nitrogens is 2. The molecule has 17 heavy (non-hydrogen) atoms. The first-order valence-electron chi connectivity index (χ1n) is 6.25. The minimum atomic E-state index is 0.267. The predicted octanol–water partition coefficient (Wildman–Crippen LogP) is 1.54. The van der Waals surface area contributed by atoms with Gasteiger partial charge in [0.05, 0.1) is 17.2 Å². The predicted molar refractivity (Wildman–Crippen MR) is 72.7 cm³/mol. The summed E-state index contributed by atoms with van der Waals surface area (Å²) in [5.74, 6) is 0. The zero-order valence-electron chi connectivity index (χ0n) is 10.3. The summed E-state index contributed by atoms with van der Waals surface area (Å²) in [6.45, 7) is 5.00. The average Bonchev–Trinajstić information content (AvgIpc) is 2.77. The van der Waals surface area contributed by atoms with Crippen LogP contribution in [0, 0.1) is 0 Å². The highest BCUT2D eigenvalue weighted by Crippen LogP contribution is 2.19. The van der Waals surface area contributed by atoms with E-state index in [1.807, 2.05) is 10.9 Å². The van der Waals surface area contributed by atoms with E-state index in [0.29, 0.717) is 4.99 Å². The van der Waals surface area contributed by atoms with Crippen LogP contribution in [-0.4, -0.2) is 32.3 Å². The third kappa shape index (κ3) is 3.04. The molecule has 2 rings (SSSR count). The fraction of sp³-hybridized carbons (Fsp3) is 0.667. The Morgan fingerprint density at radius 3 is 3.06 bits per heavy atom. The molecule has 0 aliphatic carbocycles. The Hall–Kier alpha value is -0.940. The van der Waals surface area contributed by atoms with Gasteiger partial charge in [0.1, 0.15) is 0 Å². The maximum atomic E-state index is 5.81. The molecule has 1 saturated heterocycles. The number of nitrogens with two attached hydrogens (primary N) is 1. The highest BCUT2D eigenvalue weighted by atomic mass is 32.1. The van der Waals surface area contributed by atoms with Crippen molar-refractivity contribution in [2.45, 2.75) is 45.3 Å². The number of nitrogens with zero attached hydrogens (tertiary/aromatic N) is 3. The van der Waals surface area contributed by atoms with Crippen molar-refractivity contribution in [1.82, 2.24) is 14.7 Å². The van der Waals surface area contributed by atoms with Gasteiger partial charge in [-0.05, 0) is 26.3 Å². The topological polar surface area (TPSA) is 47.1 Å². The molecule has 0 saturated carbocycles. The first-order chi connectivity index (χ1) is 8.20. The molecule has 5 heteroatoms. The molecule has 1 aliphatic rings. The highest BCUT2D eigenvalue weighted by Gasteiger charge is 2.24. The van der Waals surface area contributed by atoms with E-state index in [-0.39, 0.29) is 6.04 Å². The van der Waals surface area contributed by atoms with Gasteiger partial charge in [0.2, 0.25) is 0 Å². The molecule has 0 amide bonds. The summed E-state index contributed by atoms with van der Waals surface area (Å²) in [4.78, 5) is 3.01. The molecule has 1 fully saturated rings. The smallest absolute Gasteiger partial charge is 0.0902 e. The Morgan fingerprint density at radius 1 is 1.59 bits per heavy atom. The number of likely N-dealkylation sites (tertiary alicyclic amines) is 1. The van der Waals surface area contributed by atoms with Crippen LogP contribution < -0.4 is 5.73 Å². The Balaban J connectivity index is 2.02. The number of thiocarbonyl (C=S) groups is 1. The molecule has 2 heterocycles. The van der Waals surface area contributed by atoms with Crippen molar-refractivity contribution in [1.29, 1.82) is 0 Å². The van der Waals surface area contributed by atoms with Crippen LogP contribution in [0.2, 0.25) is 0 Å². The lowest BCUT2D eigenvalue weighted by molar-refractivity contribution is 0.184. The maximum Gasteiger partial charge on any atom is 0.0902 e. The number of hydrogen-bond acceptors (Lipinski definition) is 3. The summed E-state index contributed by atoms with van der Waals surface area (Å²) >= 11 is 5.15. The van der Waals surface area contributed by atoms with Gasteiger partial charge in [-0.15, -0.1) is 0 Å². The first-order valence-corrected chi connectivity index (χ1v) is 6.66. The van der Waals surface area contributed by atoms with Gasteiger partial charge in [0.25, 0.3) is 0 Å². The van der Waals surface area contributed by atoms with E-state index in [0.717, 1.165) is 26.1 Å². The molecule has 0 radical (unpaired) electrons. The van der Waals surface area contributed by atoms with Crippen LogP contribution in [0.1, 0.15) is 31.7 Å². The molecule has 1 aromatic heterocycles. The number of rotatable bonds is 4. The second-order valence-corrected chi connectivity index (χ2v) is 5.06. The van der Waals surface area contributed by atoms with E-state index in [1.54, 1.807) is 0 Å². The molecular weight excluding hydrogens is 232 g/mol. The second kappa shape index (κ2) is 5.60. The highest BCUT2D eigenvalue weighted by molar-refractivity contribution is 7.80. The van der Waals surface area contributed by atoms with Crippen molar-refractivity contribution in [2.75, 3.05) is 6.54 Å². The van der Waals surface area contributed by atoms with Gasteiger partial charge in [-0.2, -0.15) is 5.10 Å². The molecule has 0 aromatic carbocycles. The Morgan fingerprint density at radius 2 is 2.41 bits per heavy atom. The SMILES string of the molecule is CCn1cc(CN2CCCCC2C(N)=S)cn1. The summed E-state index contributed by atoms with van der Waals surface area (Å²) < 4.78 is 1.95. The van der Waals surface area contributed by atoms with Crippen LogP contribution in [-0.2, 0) is 13.1 Å². The standard InChI is InChI=1S/C12H20N4S/c1-2-16-9-10(7-14-16)8-15-6-4-3-5-11(15)12(13)17/h7,9,11H,2-6,8H2,1H3,(H2,13,17). The minimum Gasteiger partial charge on any atom is -0.392 e. The molecule has 0 bridgehead atoms. The van der Waals surface area contributed by atoms with Crippen LogP contribution >= 0.6 is 12.2 Å². The largest absolute Gasteiger partial charge is 0.392 e. The van der Waals surface area contributed by atoms with E-state index < -0.39 is 0 Å². The third-order valence-electron chi connectivity index (χ3n) is 3.34. The van der Waals surface area contributed by atoms with Crippen LogP contribution in [0.25, 0.3) is 0 Å². The molecule has 1 aromatic rings. The summed E-state index contributed by atoms with van der Waals surface area (Å²) in [7, 11) is 0. The summed E-state index contributed by atoms with van der Waals surface area (Å²) in [6.07, 6.45) is 7.60.